The lowest BCUT2D eigenvalue weighted by molar-refractivity contribution is -0.116. The van der Waals surface area contributed by atoms with Gasteiger partial charge in [-0.15, -0.1) is 0 Å². The third kappa shape index (κ3) is 5.90. The van der Waals surface area contributed by atoms with Crippen molar-refractivity contribution >= 4 is 23.5 Å². The van der Waals surface area contributed by atoms with Crippen LogP contribution in [0.15, 0.2) is 12.4 Å². The molecule has 2 amide bonds. The number of carbonyl (C=O) groups is 2. The Morgan fingerprint density at radius 3 is 2.77 bits per heavy atom. The molecule has 2 aromatic rings. The summed E-state index contributed by atoms with van der Waals surface area (Å²) in [5.41, 5.74) is 1.82. The summed E-state index contributed by atoms with van der Waals surface area (Å²) in [6.07, 6.45) is 4.77. The third-order valence-electron chi connectivity index (χ3n) is 5.87. The molecule has 0 aliphatic carbocycles. The number of hydrogen-bond donors (Lipinski definition) is 1. The highest BCUT2D eigenvalue weighted by Crippen LogP contribution is 2.30. The van der Waals surface area contributed by atoms with Crippen molar-refractivity contribution in [2.24, 2.45) is 0 Å². The first-order valence-corrected chi connectivity index (χ1v) is 12.2. The topological polar surface area (TPSA) is 115 Å². The lowest BCUT2D eigenvalue weighted by Crippen LogP contribution is -2.46. The molecule has 0 unspecified atom stereocenters. The van der Waals surface area contributed by atoms with Gasteiger partial charge >= 0.3 is 6.09 Å². The van der Waals surface area contributed by atoms with Crippen molar-refractivity contribution in [3.8, 4) is 5.95 Å². The van der Waals surface area contributed by atoms with Gasteiger partial charge in [0.2, 0.25) is 5.91 Å². The Morgan fingerprint density at radius 2 is 2.06 bits per heavy atom. The van der Waals surface area contributed by atoms with Gasteiger partial charge in [-0.1, -0.05) is 6.92 Å². The normalized spacial score (nSPS) is 18.3. The lowest BCUT2D eigenvalue weighted by Gasteiger charge is -2.37. The second-order valence-electron chi connectivity index (χ2n) is 10.0. The van der Waals surface area contributed by atoms with Gasteiger partial charge in [0.05, 0.1) is 49.6 Å². The van der Waals surface area contributed by atoms with Gasteiger partial charge in [-0.25, -0.2) is 14.5 Å². The molecule has 2 aliphatic rings. The van der Waals surface area contributed by atoms with Crippen LogP contribution >= 0.6 is 0 Å². The maximum atomic E-state index is 12.8. The average molecular weight is 486 g/mol. The molecule has 0 spiro atoms. The zero-order valence-corrected chi connectivity index (χ0v) is 21.2. The van der Waals surface area contributed by atoms with Crippen LogP contribution in [0, 0.1) is 0 Å². The summed E-state index contributed by atoms with van der Waals surface area (Å²) >= 11 is 0. The van der Waals surface area contributed by atoms with E-state index in [2.05, 4.69) is 22.2 Å². The summed E-state index contributed by atoms with van der Waals surface area (Å²) in [6, 6.07) is 0.154. The van der Waals surface area contributed by atoms with Crippen molar-refractivity contribution in [1.82, 2.24) is 24.6 Å². The fourth-order valence-corrected chi connectivity index (χ4v) is 4.21. The van der Waals surface area contributed by atoms with E-state index < -0.39 is 5.60 Å². The zero-order chi connectivity index (χ0) is 25.2. The molecule has 11 nitrogen and oxygen atoms in total. The highest BCUT2D eigenvalue weighted by molar-refractivity contribution is 5.90. The van der Waals surface area contributed by atoms with Crippen molar-refractivity contribution in [3.63, 3.8) is 0 Å². The summed E-state index contributed by atoms with van der Waals surface area (Å²) in [7, 11) is 0. The first-order chi connectivity index (χ1) is 16.6. The number of nitrogens with one attached hydrogen (secondary N) is 1. The summed E-state index contributed by atoms with van der Waals surface area (Å²) < 4.78 is 12.8. The van der Waals surface area contributed by atoms with Gasteiger partial charge in [-0.2, -0.15) is 10.1 Å². The largest absolute Gasteiger partial charge is 0.444 e. The Bertz CT molecular complexity index is 1080. The van der Waals surface area contributed by atoms with E-state index in [0.29, 0.717) is 50.8 Å². The molecule has 0 saturated carbocycles. The van der Waals surface area contributed by atoms with Gasteiger partial charge in [-0.3, -0.25) is 4.79 Å². The number of anilines is 2. The molecule has 4 heterocycles. The Balaban J connectivity index is 1.67. The average Bonchev–Trinajstić information content (AvgIpc) is 3.25. The SMILES string of the molecule is CCCC(=O)Nc1cnn(-c2nc3c(c(N4CCOC[C@@H]4C)n2)CCN(C(=O)OC(C)(C)C)C3)c1. The number of amides is 2. The smallest absolute Gasteiger partial charge is 0.410 e. The van der Waals surface area contributed by atoms with Gasteiger partial charge in [-0.05, 0) is 40.5 Å². The highest BCUT2D eigenvalue weighted by Gasteiger charge is 2.32. The van der Waals surface area contributed by atoms with Gasteiger partial charge in [0.25, 0.3) is 5.95 Å². The molecule has 1 atom stereocenters. The molecule has 4 rings (SSSR count). The van der Waals surface area contributed by atoms with Gasteiger partial charge in [0, 0.05) is 25.1 Å². The molecule has 1 N–H and O–H groups in total. The van der Waals surface area contributed by atoms with Crippen molar-refractivity contribution in [3.05, 3.63) is 23.7 Å². The number of nitrogens with zero attached hydrogens (tertiary/aromatic N) is 6. The standard InChI is InChI=1S/C24H35N7O4/c1-6-7-20(32)26-17-12-25-31(13-17)22-27-19-14-29(23(33)35-24(3,4)5)9-8-18(19)21(28-22)30-10-11-34-15-16(30)2/h12-13,16H,6-11,14-15H2,1-5H3,(H,26,32)/t16-/m0/s1. The predicted octanol–water partition coefficient (Wildman–Crippen LogP) is 2.92. The van der Waals surface area contributed by atoms with Crippen LogP contribution < -0.4 is 10.2 Å². The van der Waals surface area contributed by atoms with Crippen molar-refractivity contribution in [1.29, 1.82) is 0 Å². The van der Waals surface area contributed by atoms with Crippen LogP contribution in [0.25, 0.3) is 5.95 Å². The van der Waals surface area contributed by atoms with E-state index >= 15 is 0 Å². The van der Waals surface area contributed by atoms with Crippen LogP contribution in [0.5, 0.6) is 0 Å². The fourth-order valence-electron chi connectivity index (χ4n) is 4.21. The fraction of sp³-hybridized carbons (Fsp3) is 0.625. The summed E-state index contributed by atoms with van der Waals surface area (Å²) in [4.78, 5) is 38.4. The number of hydrogen-bond acceptors (Lipinski definition) is 8. The van der Waals surface area contributed by atoms with Crippen LogP contribution in [0.2, 0.25) is 0 Å². The zero-order valence-electron chi connectivity index (χ0n) is 21.2. The summed E-state index contributed by atoms with van der Waals surface area (Å²) in [5.74, 6) is 1.17. The molecule has 0 bridgehead atoms. The van der Waals surface area contributed by atoms with E-state index in [1.54, 1.807) is 22.0 Å². The molecule has 1 saturated heterocycles. The summed E-state index contributed by atoms with van der Waals surface area (Å²) in [5, 5.41) is 7.23. The predicted molar refractivity (Wildman–Crippen MR) is 131 cm³/mol. The second kappa shape index (κ2) is 10.2. The van der Waals surface area contributed by atoms with Crippen LogP contribution in [-0.2, 0) is 27.2 Å². The molecule has 2 aliphatic heterocycles. The second-order valence-corrected chi connectivity index (χ2v) is 10.0. The van der Waals surface area contributed by atoms with E-state index in [1.807, 2.05) is 27.7 Å². The monoisotopic (exact) mass is 485 g/mol. The van der Waals surface area contributed by atoms with Crippen molar-refractivity contribution in [2.45, 2.75) is 72.1 Å². The minimum absolute atomic E-state index is 0.0609. The van der Waals surface area contributed by atoms with Gasteiger partial charge in [0.15, 0.2) is 0 Å². The molecule has 35 heavy (non-hydrogen) atoms. The molecule has 2 aromatic heterocycles. The molecule has 1 fully saturated rings. The molecule has 0 radical (unpaired) electrons. The minimum atomic E-state index is -0.573. The highest BCUT2D eigenvalue weighted by atomic mass is 16.6. The maximum absolute atomic E-state index is 12.8. The minimum Gasteiger partial charge on any atom is -0.444 e. The molecule has 11 heteroatoms. The van der Waals surface area contributed by atoms with E-state index in [1.165, 1.54) is 0 Å². The molecule has 190 valence electrons. The quantitative estimate of drug-likeness (QED) is 0.688. The maximum Gasteiger partial charge on any atom is 0.410 e. The van der Waals surface area contributed by atoms with Crippen LogP contribution in [0.1, 0.15) is 58.7 Å². The van der Waals surface area contributed by atoms with E-state index in [4.69, 9.17) is 19.4 Å². The Labute approximate surface area is 205 Å². The molecular formula is C24H35N7O4. The Kier molecular flexibility index (Phi) is 7.25. The van der Waals surface area contributed by atoms with Crippen LogP contribution in [0.4, 0.5) is 16.3 Å². The summed E-state index contributed by atoms with van der Waals surface area (Å²) in [6.45, 7) is 12.5. The van der Waals surface area contributed by atoms with Crippen molar-refractivity contribution in [2.75, 3.05) is 36.5 Å². The van der Waals surface area contributed by atoms with Gasteiger partial charge in [0.1, 0.15) is 11.4 Å². The first kappa shape index (κ1) is 24.9. The molecular weight excluding hydrogens is 450 g/mol. The van der Waals surface area contributed by atoms with E-state index in [9.17, 15) is 9.59 Å². The molecule has 0 aromatic carbocycles. The Morgan fingerprint density at radius 1 is 1.26 bits per heavy atom. The van der Waals surface area contributed by atoms with Crippen LogP contribution in [-0.4, -0.2) is 74.6 Å². The number of morpholine rings is 1. The van der Waals surface area contributed by atoms with E-state index in [0.717, 1.165) is 30.0 Å². The van der Waals surface area contributed by atoms with E-state index in [-0.39, 0.29) is 18.0 Å². The number of aromatic nitrogens is 4. The van der Waals surface area contributed by atoms with Crippen LogP contribution in [0.3, 0.4) is 0 Å². The third-order valence-corrected chi connectivity index (χ3v) is 5.87. The lowest BCUT2D eigenvalue weighted by atomic mass is 10.0. The number of rotatable bonds is 5. The number of fused-ring (bicyclic) bond motifs is 1. The Hall–Kier alpha value is -3.21. The number of carbonyl (C=O) groups excluding carboxylic acids is 2. The van der Waals surface area contributed by atoms with Crippen molar-refractivity contribution < 1.29 is 19.1 Å². The first-order valence-electron chi connectivity index (χ1n) is 12.2. The van der Waals surface area contributed by atoms with Gasteiger partial charge < -0.3 is 24.6 Å². The number of ether oxygens (including phenoxy) is 2.